The van der Waals surface area contributed by atoms with Crippen LogP contribution in [-0.2, 0) is 19.1 Å². The Hall–Kier alpha value is -3.39. The van der Waals surface area contributed by atoms with Gasteiger partial charge in [0.1, 0.15) is 12.6 Å². The first-order chi connectivity index (χ1) is 15.9. The van der Waals surface area contributed by atoms with Gasteiger partial charge in [0.2, 0.25) is 5.91 Å². The summed E-state index contributed by atoms with van der Waals surface area (Å²) in [5.41, 5.74) is 4.46. The Kier molecular flexibility index (Phi) is 6.65. The van der Waals surface area contributed by atoms with E-state index in [4.69, 9.17) is 14.6 Å². The van der Waals surface area contributed by atoms with Crippen LogP contribution in [0.2, 0.25) is 0 Å². The number of ether oxygens (including phenoxy) is 2. The number of methoxy groups -OCH3 is 1. The number of alkyl carbamates (subject to hydrolysis) is 1. The summed E-state index contributed by atoms with van der Waals surface area (Å²) in [5.74, 6) is -1.88. The number of carbonyl (C=O) groups excluding carboxylic acids is 2. The summed E-state index contributed by atoms with van der Waals surface area (Å²) >= 11 is 0. The first kappa shape index (κ1) is 22.8. The highest BCUT2D eigenvalue weighted by molar-refractivity contribution is 5.86. The molecule has 2 aliphatic carbocycles. The minimum Gasteiger partial charge on any atom is -0.481 e. The van der Waals surface area contributed by atoms with E-state index < -0.39 is 36.0 Å². The first-order valence-electron chi connectivity index (χ1n) is 11.1. The topological polar surface area (TPSA) is 114 Å². The van der Waals surface area contributed by atoms with Crippen LogP contribution in [0, 0.1) is 11.8 Å². The molecule has 4 rings (SSSR count). The second-order valence-corrected chi connectivity index (χ2v) is 8.57. The number of carboxylic acids is 1. The molecule has 3 N–H and O–H groups in total. The third-order valence-corrected chi connectivity index (χ3v) is 6.52. The van der Waals surface area contributed by atoms with Crippen molar-refractivity contribution in [3.8, 4) is 11.1 Å². The zero-order valence-electron chi connectivity index (χ0n) is 18.6. The molecular formula is C25H28N2O6. The smallest absolute Gasteiger partial charge is 0.407 e. The van der Waals surface area contributed by atoms with Crippen molar-refractivity contribution in [3.63, 3.8) is 0 Å². The van der Waals surface area contributed by atoms with E-state index in [9.17, 15) is 14.4 Å². The fraction of sp³-hybridized carbons (Fsp3) is 0.400. The normalized spacial score (nSPS) is 20.2. The summed E-state index contributed by atoms with van der Waals surface area (Å²) in [6.07, 6.45) is -0.768. The van der Waals surface area contributed by atoms with Crippen LogP contribution >= 0.6 is 0 Å². The van der Waals surface area contributed by atoms with Gasteiger partial charge in [-0.15, -0.1) is 0 Å². The highest BCUT2D eigenvalue weighted by Gasteiger charge is 2.43. The third kappa shape index (κ3) is 4.85. The summed E-state index contributed by atoms with van der Waals surface area (Å²) in [5, 5.41) is 14.3. The van der Waals surface area contributed by atoms with Crippen molar-refractivity contribution >= 4 is 18.0 Å². The molecule has 0 aromatic heterocycles. The minimum absolute atomic E-state index is 0.0839. The van der Waals surface area contributed by atoms with Gasteiger partial charge in [0.05, 0.1) is 12.0 Å². The third-order valence-electron chi connectivity index (χ3n) is 6.52. The number of hydrogen-bond acceptors (Lipinski definition) is 5. The van der Waals surface area contributed by atoms with Gasteiger partial charge in [-0.3, -0.25) is 9.59 Å². The second-order valence-electron chi connectivity index (χ2n) is 8.57. The number of benzene rings is 2. The molecule has 1 saturated carbocycles. The quantitative estimate of drug-likeness (QED) is 0.539. The molecule has 33 heavy (non-hydrogen) atoms. The van der Waals surface area contributed by atoms with Gasteiger partial charge in [-0.1, -0.05) is 48.5 Å². The maximum Gasteiger partial charge on any atom is 0.407 e. The summed E-state index contributed by atoms with van der Waals surface area (Å²) in [7, 11) is 1.45. The van der Waals surface area contributed by atoms with Crippen LogP contribution in [0.25, 0.3) is 11.1 Å². The summed E-state index contributed by atoms with van der Waals surface area (Å²) in [4.78, 5) is 36.3. The highest BCUT2D eigenvalue weighted by Crippen LogP contribution is 2.44. The Balaban J connectivity index is 1.36. The van der Waals surface area contributed by atoms with Crippen molar-refractivity contribution in [2.24, 2.45) is 11.8 Å². The lowest BCUT2D eigenvalue weighted by Crippen LogP contribution is -2.53. The Labute approximate surface area is 192 Å². The van der Waals surface area contributed by atoms with Crippen LogP contribution in [0.15, 0.2) is 48.5 Å². The number of nitrogens with one attached hydrogen (secondary N) is 2. The molecule has 0 radical (unpaired) electrons. The molecule has 174 valence electrons. The van der Waals surface area contributed by atoms with E-state index in [0.717, 1.165) is 22.3 Å². The molecule has 0 heterocycles. The molecule has 2 amide bonds. The molecule has 2 aliphatic rings. The molecule has 2 unspecified atom stereocenters. The van der Waals surface area contributed by atoms with Gasteiger partial charge in [0.25, 0.3) is 0 Å². The van der Waals surface area contributed by atoms with E-state index in [0.29, 0.717) is 6.42 Å². The van der Waals surface area contributed by atoms with E-state index in [2.05, 4.69) is 22.8 Å². The Bertz CT molecular complexity index is 1010. The van der Waals surface area contributed by atoms with Crippen LogP contribution in [-0.4, -0.2) is 55.5 Å². The van der Waals surface area contributed by atoms with Gasteiger partial charge in [-0.2, -0.15) is 0 Å². The number of carboxylic acid groups (broad SMARTS) is 1. The Morgan fingerprint density at radius 3 is 2.21 bits per heavy atom. The van der Waals surface area contributed by atoms with Gasteiger partial charge in [0, 0.05) is 19.6 Å². The standard InChI is InChI=1S/C25H28N2O6/c1-14(32-2)22(23(28)26-12-15-11-20(15)24(29)30)27-25(31)33-13-21-18-9-5-3-7-16(18)17-8-4-6-10-19(17)21/h3-10,14-15,20-22H,11-13H2,1-2H3,(H,26,28)(H,27,31)(H,29,30)/t14-,15?,20?,22+/m1/s1. The van der Waals surface area contributed by atoms with Crippen molar-refractivity contribution in [3.05, 3.63) is 59.7 Å². The molecule has 2 aromatic carbocycles. The highest BCUT2D eigenvalue weighted by atomic mass is 16.5. The lowest BCUT2D eigenvalue weighted by molar-refractivity contribution is -0.139. The van der Waals surface area contributed by atoms with E-state index in [-0.39, 0.29) is 25.0 Å². The van der Waals surface area contributed by atoms with E-state index in [1.807, 2.05) is 36.4 Å². The van der Waals surface area contributed by atoms with Gasteiger partial charge in [-0.05, 0) is 41.5 Å². The van der Waals surface area contributed by atoms with E-state index >= 15 is 0 Å². The fourth-order valence-electron chi connectivity index (χ4n) is 4.42. The van der Waals surface area contributed by atoms with Crippen molar-refractivity contribution in [1.29, 1.82) is 0 Å². The predicted octanol–water partition coefficient (Wildman–Crippen LogP) is 2.77. The van der Waals surface area contributed by atoms with Gasteiger partial charge in [0.15, 0.2) is 0 Å². The van der Waals surface area contributed by atoms with Crippen LogP contribution in [0.5, 0.6) is 0 Å². The average Bonchev–Trinajstić information content (AvgIpc) is 3.55. The van der Waals surface area contributed by atoms with E-state index in [1.54, 1.807) is 6.92 Å². The number of fused-ring (bicyclic) bond motifs is 3. The van der Waals surface area contributed by atoms with Crippen LogP contribution in [0.4, 0.5) is 4.79 Å². The zero-order chi connectivity index (χ0) is 23.5. The maximum absolute atomic E-state index is 12.7. The number of carbonyl (C=O) groups is 3. The number of aliphatic carboxylic acids is 1. The van der Waals surface area contributed by atoms with Crippen molar-refractivity contribution in [2.45, 2.75) is 31.4 Å². The molecular weight excluding hydrogens is 424 g/mol. The SMILES string of the molecule is CO[C@H](C)[C@H](NC(=O)OCC1c2ccccc2-c2ccccc21)C(=O)NCC1CC1C(=O)O. The summed E-state index contributed by atoms with van der Waals surface area (Å²) in [6.45, 7) is 2.05. The molecule has 0 bridgehead atoms. The molecule has 2 aromatic rings. The summed E-state index contributed by atoms with van der Waals surface area (Å²) < 4.78 is 10.8. The molecule has 1 fully saturated rings. The fourth-order valence-corrected chi connectivity index (χ4v) is 4.42. The minimum atomic E-state index is -0.965. The molecule has 0 spiro atoms. The maximum atomic E-state index is 12.7. The van der Waals surface area contributed by atoms with Crippen molar-refractivity contribution in [1.82, 2.24) is 10.6 Å². The van der Waals surface area contributed by atoms with E-state index in [1.165, 1.54) is 7.11 Å². The number of amides is 2. The van der Waals surface area contributed by atoms with Gasteiger partial charge in [-0.25, -0.2) is 4.79 Å². The van der Waals surface area contributed by atoms with Crippen molar-refractivity contribution < 1.29 is 29.0 Å². The van der Waals surface area contributed by atoms with Gasteiger partial charge < -0.3 is 25.2 Å². The first-order valence-corrected chi connectivity index (χ1v) is 11.1. The van der Waals surface area contributed by atoms with Gasteiger partial charge >= 0.3 is 12.1 Å². The number of hydrogen-bond donors (Lipinski definition) is 3. The average molecular weight is 453 g/mol. The van der Waals surface area contributed by atoms with Crippen molar-refractivity contribution in [2.75, 3.05) is 20.3 Å². The van der Waals surface area contributed by atoms with Crippen LogP contribution in [0.3, 0.4) is 0 Å². The lowest BCUT2D eigenvalue weighted by atomic mass is 9.98. The predicted molar refractivity (Wildman–Crippen MR) is 121 cm³/mol. The van der Waals surface area contributed by atoms with Crippen LogP contribution < -0.4 is 10.6 Å². The molecule has 8 heteroatoms. The zero-order valence-corrected chi connectivity index (χ0v) is 18.6. The molecule has 0 saturated heterocycles. The lowest BCUT2D eigenvalue weighted by Gasteiger charge is -2.23. The number of rotatable bonds is 9. The summed E-state index contributed by atoms with van der Waals surface area (Å²) in [6, 6.07) is 15.1. The Morgan fingerprint density at radius 1 is 1.06 bits per heavy atom. The van der Waals surface area contributed by atoms with Crippen LogP contribution in [0.1, 0.15) is 30.4 Å². The molecule has 8 nitrogen and oxygen atoms in total. The molecule has 0 aliphatic heterocycles. The molecule has 4 atom stereocenters. The largest absolute Gasteiger partial charge is 0.481 e. The monoisotopic (exact) mass is 452 g/mol. The Morgan fingerprint density at radius 2 is 1.67 bits per heavy atom. The second kappa shape index (κ2) is 9.62.